The molecule has 19 heteroatoms. The third-order valence-electron chi connectivity index (χ3n) is 15.4. The van der Waals surface area contributed by atoms with Crippen LogP contribution in [0, 0.1) is 0 Å². The molecule has 0 aliphatic carbocycles. The number of phosphoric acid groups is 2. The predicted octanol–water partition coefficient (Wildman–Crippen LogP) is 21.6. The second-order valence-corrected chi connectivity index (χ2v) is 27.7. The molecule has 17 nitrogen and oxygen atoms in total. The molecule has 0 heterocycles. The molecule has 0 spiro atoms. The molecule has 0 saturated carbocycles. The number of allylic oxidation sites excluding steroid dienone is 20. The van der Waals surface area contributed by atoms with Gasteiger partial charge in [-0.25, -0.2) is 9.13 Å². The van der Waals surface area contributed by atoms with E-state index in [1.165, 1.54) is 12.8 Å². The van der Waals surface area contributed by atoms with Crippen molar-refractivity contribution in [1.29, 1.82) is 0 Å². The lowest BCUT2D eigenvalue weighted by molar-refractivity contribution is -0.161. The Morgan fingerprint density at radius 3 is 0.827 bits per heavy atom. The number of ether oxygens (including phenoxy) is 4. The Morgan fingerprint density at radius 2 is 0.531 bits per heavy atom. The van der Waals surface area contributed by atoms with Gasteiger partial charge in [-0.05, 0) is 141 Å². The first-order chi connectivity index (χ1) is 47.7. The zero-order valence-electron chi connectivity index (χ0n) is 61.2. The van der Waals surface area contributed by atoms with Crippen molar-refractivity contribution >= 4 is 39.5 Å². The van der Waals surface area contributed by atoms with E-state index >= 15 is 0 Å². The number of esters is 4. The van der Waals surface area contributed by atoms with Crippen molar-refractivity contribution in [2.45, 2.75) is 316 Å². The van der Waals surface area contributed by atoms with E-state index in [1.807, 2.05) is 0 Å². The molecule has 5 unspecified atom stereocenters. The molecule has 98 heavy (non-hydrogen) atoms. The summed E-state index contributed by atoms with van der Waals surface area (Å²) in [6.45, 7) is 4.44. The van der Waals surface area contributed by atoms with Gasteiger partial charge in [-0.2, -0.15) is 0 Å². The summed E-state index contributed by atoms with van der Waals surface area (Å²) < 4.78 is 68.4. The molecule has 0 fully saturated rings. The predicted molar refractivity (Wildman–Crippen MR) is 399 cm³/mol. The molecule has 562 valence electrons. The van der Waals surface area contributed by atoms with Crippen LogP contribution >= 0.6 is 15.6 Å². The van der Waals surface area contributed by atoms with Gasteiger partial charge < -0.3 is 33.8 Å². The maximum absolute atomic E-state index is 13.1. The topological polar surface area (TPSA) is 237 Å². The highest BCUT2D eigenvalue weighted by Gasteiger charge is 2.30. The molecular formula is C79H134O17P2. The van der Waals surface area contributed by atoms with Crippen molar-refractivity contribution in [3.8, 4) is 0 Å². The van der Waals surface area contributed by atoms with Crippen molar-refractivity contribution in [1.82, 2.24) is 0 Å². The zero-order valence-corrected chi connectivity index (χ0v) is 63.0. The summed E-state index contributed by atoms with van der Waals surface area (Å²) in [5.74, 6) is -2.23. The van der Waals surface area contributed by atoms with E-state index in [0.717, 1.165) is 205 Å². The molecule has 0 radical (unpaired) electrons. The van der Waals surface area contributed by atoms with Crippen molar-refractivity contribution < 1.29 is 80.2 Å². The Balaban J connectivity index is 5.35. The van der Waals surface area contributed by atoms with Gasteiger partial charge in [0.2, 0.25) is 0 Å². The Kier molecular flexibility index (Phi) is 67.6. The number of rotatable bonds is 70. The van der Waals surface area contributed by atoms with Gasteiger partial charge in [-0.15, -0.1) is 0 Å². The third-order valence-corrected chi connectivity index (χ3v) is 17.3. The Bertz CT molecular complexity index is 2340. The lowest BCUT2D eigenvalue weighted by Crippen LogP contribution is -2.30. The summed E-state index contributed by atoms with van der Waals surface area (Å²) >= 11 is 0. The molecule has 0 rings (SSSR count). The monoisotopic (exact) mass is 1420 g/mol. The standard InChI is InChI=1S/C79H134O17P2/c1-5-9-13-17-21-25-29-32-35-36-39-41-45-48-52-56-60-64-77(82)89-69-74(95-78(83)65-61-57-53-49-43-28-24-20-16-12-8-4)71-93-97(85,86)91-67-73(80)68-92-98(87,88)94-72-75(96-79(84)66-62-58-54-50-46-42-38-34-31-27-23-19-15-11-7-3)70-90-76(81)63-59-55-51-47-44-40-37-33-30-26-22-18-14-10-6-2/h9-11,13-15,20-27,32-35,37-38,73-75,80H,5-8,12,16-19,28-31,36,39-72H2,1-4H3,(H,85,86)(H,87,88)/b13-9-,14-10-,15-11-,24-20-,25-21-,26-22-,27-23-,35-32-,37-33-,38-34-. The maximum Gasteiger partial charge on any atom is 0.472 e. The van der Waals surface area contributed by atoms with Crippen LogP contribution in [0.15, 0.2) is 122 Å². The number of hydrogen-bond acceptors (Lipinski definition) is 15. The van der Waals surface area contributed by atoms with Crippen molar-refractivity contribution in [3.05, 3.63) is 122 Å². The second-order valence-electron chi connectivity index (χ2n) is 24.8. The number of unbranched alkanes of at least 4 members (excludes halogenated alkanes) is 24. The first kappa shape index (κ1) is 93.5. The van der Waals surface area contributed by atoms with Crippen LogP contribution < -0.4 is 0 Å². The minimum atomic E-state index is -4.98. The number of hydrogen-bond donors (Lipinski definition) is 3. The van der Waals surface area contributed by atoms with E-state index < -0.39 is 97.5 Å². The van der Waals surface area contributed by atoms with Crippen molar-refractivity contribution in [2.24, 2.45) is 0 Å². The summed E-state index contributed by atoms with van der Waals surface area (Å²) in [7, 11) is -9.96. The van der Waals surface area contributed by atoms with Gasteiger partial charge in [0, 0.05) is 25.7 Å². The molecular weight excluding hydrogens is 1280 g/mol. The number of carbonyl (C=O) groups excluding carboxylic acids is 4. The average molecular weight is 1420 g/mol. The van der Waals surface area contributed by atoms with Crippen LogP contribution in [0.25, 0.3) is 0 Å². The SMILES string of the molecule is CC/C=C\C/C=C\C/C=C\CCCCCCCCCC(=O)OCC(COP(=O)(O)OCC(O)COP(=O)(O)OCC(COC(=O)CCCCCCC/C=C\C/C=C\C/C=C\CC)OC(=O)CCCCCCC/C=C\C/C=C\C/C=C\CC)OC(=O)CCCCCCC/C=C\CCCC. The Labute approximate surface area is 593 Å². The first-order valence-electron chi connectivity index (χ1n) is 37.8. The molecule has 0 aromatic heterocycles. The smallest absolute Gasteiger partial charge is 0.462 e. The molecule has 0 aliphatic rings. The molecule has 0 aromatic carbocycles. The van der Waals surface area contributed by atoms with E-state index in [0.29, 0.717) is 25.7 Å². The fourth-order valence-electron chi connectivity index (χ4n) is 9.71. The fraction of sp³-hybridized carbons (Fsp3) is 0.696. The minimum Gasteiger partial charge on any atom is -0.462 e. The lowest BCUT2D eigenvalue weighted by Gasteiger charge is -2.21. The van der Waals surface area contributed by atoms with Gasteiger partial charge in [0.05, 0.1) is 26.4 Å². The Hall–Kier alpha value is -4.54. The summed E-state index contributed by atoms with van der Waals surface area (Å²) in [5.41, 5.74) is 0. The summed E-state index contributed by atoms with van der Waals surface area (Å²) in [5, 5.41) is 10.6. The van der Waals surface area contributed by atoms with Crippen LogP contribution in [0.2, 0.25) is 0 Å². The molecule has 0 saturated heterocycles. The second kappa shape index (κ2) is 70.9. The van der Waals surface area contributed by atoms with E-state index in [1.54, 1.807) is 0 Å². The zero-order chi connectivity index (χ0) is 71.8. The van der Waals surface area contributed by atoms with Gasteiger partial charge in [-0.1, -0.05) is 252 Å². The highest BCUT2D eigenvalue weighted by Crippen LogP contribution is 2.45. The molecule has 3 N–H and O–H groups in total. The number of aliphatic hydroxyl groups is 1. The summed E-state index contributed by atoms with van der Waals surface area (Å²) in [4.78, 5) is 72.8. The van der Waals surface area contributed by atoms with Gasteiger partial charge in [0.15, 0.2) is 12.2 Å². The normalized spacial score (nSPS) is 14.6. The van der Waals surface area contributed by atoms with Crippen LogP contribution in [-0.2, 0) is 65.4 Å². The lowest BCUT2D eigenvalue weighted by atomic mass is 10.1. The van der Waals surface area contributed by atoms with Crippen molar-refractivity contribution in [3.63, 3.8) is 0 Å². The third kappa shape index (κ3) is 69.9. The van der Waals surface area contributed by atoms with Gasteiger partial charge >= 0.3 is 39.5 Å². The summed E-state index contributed by atoms with van der Waals surface area (Å²) in [6.07, 6.45) is 76.2. The van der Waals surface area contributed by atoms with Crippen LogP contribution in [0.3, 0.4) is 0 Å². The molecule has 5 atom stereocenters. The molecule has 0 bridgehead atoms. The van der Waals surface area contributed by atoms with Crippen molar-refractivity contribution in [2.75, 3.05) is 39.6 Å². The first-order valence-corrected chi connectivity index (χ1v) is 40.8. The quantitative estimate of drug-likeness (QED) is 0.0169. The van der Waals surface area contributed by atoms with E-state index in [9.17, 15) is 43.2 Å². The number of phosphoric ester groups is 2. The summed E-state index contributed by atoms with van der Waals surface area (Å²) in [6, 6.07) is 0. The molecule has 0 aromatic rings. The Morgan fingerprint density at radius 1 is 0.296 bits per heavy atom. The van der Waals surface area contributed by atoms with Gasteiger partial charge in [0.1, 0.15) is 19.3 Å². The van der Waals surface area contributed by atoms with E-state index in [2.05, 4.69) is 149 Å². The molecule has 0 aliphatic heterocycles. The number of aliphatic hydroxyl groups excluding tert-OH is 1. The van der Waals surface area contributed by atoms with Gasteiger partial charge in [0.25, 0.3) is 0 Å². The largest absolute Gasteiger partial charge is 0.472 e. The highest BCUT2D eigenvalue weighted by atomic mass is 31.2. The van der Waals surface area contributed by atoms with E-state index in [-0.39, 0.29) is 25.7 Å². The highest BCUT2D eigenvalue weighted by molar-refractivity contribution is 7.47. The van der Waals surface area contributed by atoms with Crippen LogP contribution in [-0.4, -0.2) is 96.7 Å². The number of carbonyl (C=O) groups is 4. The maximum atomic E-state index is 13.1. The average Bonchev–Trinajstić information content (AvgIpc) is 0.986. The minimum absolute atomic E-state index is 0.0693. The van der Waals surface area contributed by atoms with Gasteiger partial charge in [-0.3, -0.25) is 37.3 Å². The van der Waals surface area contributed by atoms with E-state index in [4.69, 9.17) is 37.0 Å². The van der Waals surface area contributed by atoms with Crippen LogP contribution in [0.4, 0.5) is 0 Å². The van der Waals surface area contributed by atoms with Crippen LogP contribution in [0.5, 0.6) is 0 Å². The fourth-order valence-corrected chi connectivity index (χ4v) is 11.3. The molecule has 0 amide bonds. The van der Waals surface area contributed by atoms with Crippen LogP contribution in [0.1, 0.15) is 297 Å².